The molecule has 1 N–H and O–H groups in total. The van der Waals surface area contributed by atoms with Crippen molar-refractivity contribution in [3.8, 4) is 0 Å². The van der Waals surface area contributed by atoms with Crippen LogP contribution in [0.25, 0.3) is 0 Å². The van der Waals surface area contributed by atoms with E-state index >= 15 is 0 Å². The Morgan fingerprint density at radius 1 is 1.27 bits per heavy atom. The highest BCUT2D eigenvalue weighted by atomic mass is 32.2. The van der Waals surface area contributed by atoms with E-state index in [4.69, 9.17) is 0 Å². The molecule has 1 aromatic carbocycles. The van der Waals surface area contributed by atoms with E-state index in [0.717, 1.165) is 32.3 Å². The van der Waals surface area contributed by atoms with Crippen molar-refractivity contribution in [2.24, 2.45) is 0 Å². The molecule has 26 heavy (non-hydrogen) atoms. The topological polar surface area (TPSA) is 72.5 Å². The average Bonchev–Trinajstić information content (AvgIpc) is 3.04. The number of ether oxygens (including phenoxy) is 1. The fraction of sp³-hybridized carbons (Fsp3) is 0.588. The number of carbonyl (C=O) groups is 1. The second-order valence-corrected chi connectivity index (χ2v) is 8.99. The van der Waals surface area contributed by atoms with Crippen LogP contribution in [0.3, 0.4) is 0 Å². The summed E-state index contributed by atoms with van der Waals surface area (Å²) < 4.78 is 68.0. The molecule has 1 aromatic rings. The standard InChI is InChI=1S/C17H22F3NO4S/c1-25-15(22)14(12-7-3-4-8-13(12)17(18,19)20)21-11-16(26(2,23)24)9-5-6-10-16/h3-4,7-8,14,21H,5-6,9-11H2,1-2H3. The van der Waals surface area contributed by atoms with Crippen molar-refractivity contribution >= 4 is 15.8 Å². The lowest BCUT2D eigenvalue weighted by Crippen LogP contribution is -2.47. The molecule has 0 amide bonds. The minimum atomic E-state index is -4.65. The van der Waals surface area contributed by atoms with Crippen molar-refractivity contribution in [1.29, 1.82) is 0 Å². The Balaban J connectivity index is 2.38. The van der Waals surface area contributed by atoms with Crippen LogP contribution in [0.5, 0.6) is 0 Å². The Labute approximate surface area is 150 Å². The van der Waals surface area contributed by atoms with Crippen molar-refractivity contribution < 1.29 is 31.1 Å². The monoisotopic (exact) mass is 393 g/mol. The van der Waals surface area contributed by atoms with Gasteiger partial charge in [-0.2, -0.15) is 13.2 Å². The van der Waals surface area contributed by atoms with Gasteiger partial charge in [-0.05, 0) is 24.5 Å². The summed E-state index contributed by atoms with van der Waals surface area (Å²) in [4.78, 5) is 12.1. The maximum atomic E-state index is 13.3. The Kier molecular flexibility index (Phi) is 6.02. The first-order valence-corrected chi connectivity index (χ1v) is 10.1. The van der Waals surface area contributed by atoms with Crippen LogP contribution in [0, 0.1) is 0 Å². The highest BCUT2D eigenvalue weighted by molar-refractivity contribution is 7.92. The zero-order valence-corrected chi connectivity index (χ0v) is 15.4. The first-order valence-electron chi connectivity index (χ1n) is 8.19. The lowest BCUT2D eigenvalue weighted by Gasteiger charge is -2.30. The van der Waals surface area contributed by atoms with Crippen LogP contribution in [0.15, 0.2) is 24.3 Å². The predicted octanol–water partition coefficient (Wildman–Crippen LogP) is 2.87. The van der Waals surface area contributed by atoms with Crippen LogP contribution in [0.4, 0.5) is 13.2 Å². The highest BCUT2D eigenvalue weighted by Crippen LogP contribution is 2.38. The third-order valence-electron chi connectivity index (χ3n) is 4.94. The fourth-order valence-electron chi connectivity index (χ4n) is 3.43. The van der Waals surface area contributed by atoms with Gasteiger partial charge < -0.3 is 4.74 Å². The van der Waals surface area contributed by atoms with Crippen LogP contribution in [0.1, 0.15) is 42.9 Å². The molecule has 1 aliphatic carbocycles. The number of sulfone groups is 1. The molecule has 0 aromatic heterocycles. The summed E-state index contributed by atoms with van der Waals surface area (Å²) in [6.45, 7) is -0.113. The number of hydrogen-bond donors (Lipinski definition) is 1. The summed E-state index contributed by atoms with van der Waals surface area (Å²) in [5.41, 5.74) is -1.24. The Bertz CT molecular complexity index is 756. The van der Waals surface area contributed by atoms with Gasteiger partial charge in [0.25, 0.3) is 0 Å². The number of carbonyl (C=O) groups excluding carboxylic acids is 1. The van der Waals surface area contributed by atoms with Gasteiger partial charge in [0, 0.05) is 12.8 Å². The summed E-state index contributed by atoms with van der Waals surface area (Å²) in [6, 6.07) is 3.30. The molecule has 0 heterocycles. The maximum absolute atomic E-state index is 13.3. The smallest absolute Gasteiger partial charge is 0.416 e. The lowest BCUT2D eigenvalue weighted by atomic mass is 9.98. The Morgan fingerprint density at radius 3 is 2.35 bits per heavy atom. The minimum Gasteiger partial charge on any atom is -0.468 e. The van der Waals surface area contributed by atoms with Crippen LogP contribution in [0.2, 0.25) is 0 Å². The van der Waals surface area contributed by atoms with Crippen LogP contribution < -0.4 is 5.32 Å². The summed E-state index contributed by atoms with van der Waals surface area (Å²) in [5.74, 6) is -0.900. The van der Waals surface area contributed by atoms with Crippen molar-refractivity contribution in [2.75, 3.05) is 19.9 Å². The van der Waals surface area contributed by atoms with Crippen LogP contribution in [-0.2, 0) is 25.5 Å². The predicted molar refractivity (Wildman–Crippen MR) is 90.2 cm³/mol. The molecule has 146 valence electrons. The van der Waals surface area contributed by atoms with E-state index in [1.54, 1.807) is 0 Å². The molecule has 0 aliphatic heterocycles. The largest absolute Gasteiger partial charge is 0.468 e. The minimum absolute atomic E-state index is 0.113. The van der Waals surface area contributed by atoms with E-state index in [1.807, 2.05) is 0 Å². The number of halogens is 3. The van der Waals surface area contributed by atoms with Gasteiger partial charge in [0.2, 0.25) is 0 Å². The molecular formula is C17H22F3NO4S. The van der Waals surface area contributed by atoms with Gasteiger partial charge in [0.1, 0.15) is 6.04 Å². The van der Waals surface area contributed by atoms with Crippen molar-refractivity contribution in [1.82, 2.24) is 5.32 Å². The number of nitrogens with one attached hydrogen (secondary N) is 1. The number of methoxy groups -OCH3 is 1. The Morgan fingerprint density at radius 2 is 1.85 bits per heavy atom. The number of esters is 1. The third kappa shape index (κ3) is 4.20. The fourth-order valence-corrected chi connectivity index (χ4v) is 4.81. The number of rotatable bonds is 6. The second-order valence-electron chi connectivity index (χ2n) is 6.58. The molecule has 0 radical (unpaired) electrons. The molecule has 1 atom stereocenters. The summed E-state index contributed by atoms with van der Waals surface area (Å²) >= 11 is 0. The molecule has 9 heteroatoms. The molecule has 2 rings (SSSR count). The molecule has 1 unspecified atom stereocenters. The normalized spacial score (nSPS) is 18.5. The third-order valence-corrected chi connectivity index (χ3v) is 7.07. The average molecular weight is 393 g/mol. The molecule has 1 saturated carbocycles. The highest BCUT2D eigenvalue weighted by Gasteiger charge is 2.44. The van der Waals surface area contributed by atoms with Gasteiger partial charge in [0.05, 0.1) is 17.4 Å². The van der Waals surface area contributed by atoms with Crippen molar-refractivity contribution in [2.45, 2.75) is 42.6 Å². The van der Waals surface area contributed by atoms with Crippen LogP contribution >= 0.6 is 0 Å². The van der Waals surface area contributed by atoms with E-state index in [0.29, 0.717) is 12.8 Å². The lowest BCUT2D eigenvalue weighted by molar-refractivity contribution is -0.145. The zero-order valence-electron chi connectivity index (χ0n) is 14.6. The van der Waals surface area contributed by atoms with Crippen LogP contribution in [-0.4, -0.2) is 39.0 Å². The van der Waals surface area contributed by atoms with Gasteiger partial charge in [0.15, 0.2) is 9.84 Å². The number of hydrogen-bond acceptors (Lipinski definition) is 5. The first-order chi connectivity index (χ1) is 12.0. The van der Waals surface area contributed by atoms with E-state index < -0.39 is 38.3 Å². The molecule has 0 bridgehead atoms. The van der Waals surface area contributed by atoms with E-state index in [1.165, 1.54) is 18.2 Å². The maximum Gasteiger partial charge on any atom is 0.416 e. The van der Waals surface area contributed by atoms with E-state index in [-0.39, 0.29) is 12.1 Å². The second kappa shape index (κ2) is 7.56. The molecule has 0 spiro atoms. The van der Waals surface area contributed by atoms with Gasteiger partial charge >= 0.3 is 12.1 Å². The number of benzene rings is 1. The van der Waals surface area contributed by atoms with E-state index in [2.05, 4.69) is 10.1 Å². The first kappa shape index (κ1) is 20.7. The summed E-state index contributed by atoms with van der Waals surface area (Å²) in [5, 5.41) is 2.73. The van der Waals surface area contributed by atoms with Gasteiger partial charge in [-0.25, -0.2) is 13.2 Å². The van der Waals surface area contributed by atoms with Gasteiger partial charge in [-0.3, -0.25) is 5.32 Å². The molecular weight excluding hydrogens is 371 g/mol. The van der Waals surface area contributed by atoms with Crippen molar-refractivity contribution in [3.05, 3.63) is 35.4 Å². The molecule has 1 aliphatic rings. The molecule has 0 saturated heterocycles. The Hall–Kier alpha value is -1.61. The van der Waals surface area contributed by atoms with Gasteiger partial charge in [-0.15, -0.1) is 0 Å². The zero-order chi connectivity index (χ0) is 19.6. The quantitative estimate of drug-likeness (QED) is 0.753. The summed E-state index contributed by atoms with van der Waals surface area (Å²) in [6.07, 6.45) is -1.27. The summed E-state index contributed by atoms with van der Waals surface area (Å²) in [7, 11) is -2.37. The number of alkyl halides is 3. The van der Waals surface area contributed by atoms with Crippen molar-refractivity contribution in [3.63, 3.8) is 0 Å². The van der Waals surface area contributed by atoms with E-state index in [9.17, 15) is 26.4 Å². The molecule has 1 fully saturated rings. The van der Waals surface area contributed by atoms with Gasteiger partial charge in [-0.1, -0.05) is 31.0 Å². The SMILES string of the molecule is COC(=O)C(NCC1(S(C)(=O)=O)CCCC1)c1ccccc1C(F)(F)F. The molecule has 5 nitrogen and oxygen atoms in total.